The lowest BCUT2D eigenvalue weighted by Gasteiger charge is -2.27. The molecule has 6 heteroatoms. The summed E-state index contributed by atoms with van der Waals surface area (Å²) in [6.45, 7) is 5.63. The Morgan fingerprint density at radius 1 is 1.17 bits per heavy atom. The Balaban J connectivity index is 2.09. The fourth-order valence-corrected chi connectivity index (χ4v) is 2.46. The van der Waals surface area contributed by atoms with Crippen LogP contribution in [0.3, 0.4) is 0 Å². The molecule has 1 aromatic rings. The first-order valence-corrected chi connectivity index (χ1v) is 7.59. The number of nitrogens with zero attached hydrogens (tertiary/aromatic N) is 1. The first kappa shape index (κ1) is 17.1. The molecule has 0 radical (unpaired) electrons. The summed E-state index contributed by atoms with van der Waals surface area (Å²) in [5.74, 6) is 0.238. The van der Waals surface area contributed by atoms with Gasteiger partial charge in [-0.1, -0.05) is 18.2 Å². The van der Waals surface area contributed by atoms with Crippen LogP contribution in [0.1, 0.15) is 27.2 Å². The van der Waals surface area contributed by atoms with E-state index in [1.807, 2.05) is 30.3 Å². The Labute approximate surface area is 136 Å². The summed E-state index contributed by atoms with van der Waals surface area (Å²) in [5, 5.41) is 0. The number of hydrogen-bond acceptors (Lipinski definition) is 5. The number of likely N-dealkylation sites (tertiary alicyclic amines) is 1. The Hall–Kier alpha value is -2.24. The summed E-state index contributed by atoms with van der Waals surface area (Å²) in [5.41, 5.74) is -0.629. The molecule has 0 aliphatic carbocycles. The van der Waals surface area contributed by atoms with Crippen molar-refractivity contribution in [2.75, 3.05) is 13.7 Å². The summed E-state index contributed by atoms with van der Waals surface area (Å²) in [7, 11) is 1.31. The highest BCUT2D eigenvalue weighted by atomic mass is 16.6. The fraction of sp³-hybridized carbons (Fsp3) is 0.529. The zero-order valence-electron chi connectivity index (χ0n) is 13.9. The van der Waals surface area contributed by atoms with Crippen LogP contribution >= 0.6 is 0 Å². The van der Waals surface area contributed by atoms with Crippen molar-refractivity contribution < 1.29 is 23.8 Å². The first-order valence-electron chi connectivity index (χ1n) is 7.59. The van der Waals surface area contributed by atoms with Crippen LogP contribution in [0.5, 0.6) is 5.75 Å². The average molecular weight is 321 g/mol. The number of benzene rings is 1. The Morgan fingerprint density at radius 3 is 2.39 bits per heavy atom. The molecule has 1 fully saturated rings. The van der Waals surface area contributed by atoms with Crippen molar-refractivity contribution in [3.05, 3.63) is 30.3 Å². The van der Waals surface area contributed by atoms with Gasteiger partial charge in [-0.2, -0.15) is 0 Å². The molecular formula is C17H23NO5. The largest absolute Gasteiger partial charge is 0.488 e. The van der Waals surface area contributed by atoms with Crippen molar-refractivity contribution in [3.8, 4) is 5.75 Å². The Bertz CT molecular complexity index is 552. The number of ether oxygens (including phenoxy) is 3. The maximum absolute atomic E-state index is 12.3. The topological polar surface area (TPSA) is 65.1 Å². The molecule has 6 nitrogen and oxygen atoms in total. The Kier molecular flexibility index (Phi) is 5.13. The maximum atomic E-state index is 12.3. The number of para-hydroxylation sites is 1. The number of esters is 1. The van der Waals surface area contributed by atoms with Crippen LogP contribution in [0.25, 0.3) is 0 Å². The highest BCUT2D eigenvalue weighted by Crippen LogP contribution is 2.25. The molecule has 1 amide bonds. The molecule has 1 aliphatic heterocycles. The van der Waals surface area contributed by atoms with Gasteiger partial charge in [0.1, 0.15) is 23.5 Å². The van der Waals surface area contributed by atoms with Crippen molar-refractivity contribution in [2.24, 2.45) is 0 Å². The lowest BCUT2D eigenvalue weighted by Crippen LogP contribution is -2.44. The van der Waals surface area contributed by atoms with Crippen molar-refractivity contribution >= 4 is 12.1 Å². The quantitative estimate of drug-likeness (QED) is 0.801. The number of amides is 1. The lowest BCUT2D eigenvalue weighted by atomic mass is 10.2. The van der Waals surface area contributed by atoms with Gasteiger partial charge in [0.25, 0.3) is 0 Å². The molecule has 0 saturated carbocycles. The summed E-state index contributed by atoms with van der Waals surface area (Å²) in [6, 6.07) is 8.61. The third-order valence-corrected chi connectivity index (χ3v) is 3.41. The summed E-state index contributed by atoms with van der Waals surface area (Å²) in [6.07, 6.45) is -0.443. The van der Waals surface area contributed by atoms with E-state index in [2.05, 4.69) is 0 Å². The van der Waals surface area contributed by atoms with Crippen LogP contribution < -0.4 is 4.74 Å². The molecule has 0 bridgehead atoms. The lowest BCUT2D eigenvalue weighted by molar-refractivity contribution is -0.145. The molecule has 1 aromatic carbocycles. The molecule has 126 valence electrons. The molecule has 0 aromatic heterocycles. The predicted octanol–water partition coefficient (Wildman–Crippen LogP) is 2.62. The molecule has 0 unspecified atom stereocenters. The number of carbonyl (C=O) groups is 2. The van der Waals surface area contributed by atoms with E-state index in [1.54, 1.807) is 20.8 Å². The summed E-state index contributed by atoms with van der Waals surface area (Å²) < 4.78 is 16.0. The minimum Gasteiger partial charge on any atom is -0.488 e. The zero-order valence-corrected chi connectivity index (χ0v) is 13.9. The van der Waals surface area contributed by atoms with Gasteiger partial charge in [-0.15, -0.1) is 0 Å². The predicted molar refractivity (Wildman–Crippen MR) is 84.2 cm³/mol. The van der Waals surface area contributed by atoms with Gasteiger partial charge in [-0.25, -0.2) is 9.59 Å². The number of methoxy groups -OCH3 is 1. The van der Waals surface area contributed by atoms with Gasteiger partial charge in [-0.3, -0.25) is 4.90 Å². The number of hydrogen-bond donors (Lipinski definition) is 0. The van der Waals surface area contributed by atoms with Crippen molar-refractivity contribution in [2.45, 2.75) is 44.9 Å². The van der Waals surface area contributed by atoms with E-state index in [4.69, 9.17) is 14.2 Å². The second kappa shape index (κ2) is 6.89. The summed E-state index contributed by atoms with van der Waals surface area (Å²) in [4.78, 5) is 25.7. The normalized spacial score (nSPS) is 21.0. The molecule has 1 aliphatic rings. The molecule has 2 atom stereocenters. The van der Waals surface area contributed by atoms with Crippen LogP contribution in [0.4, 0.5) is 4.79 Å². The van der Waals surface area contributed by atoms with E-state index in [0.717, 1.165) is 0 Å². The second-order valence-corrected chi connectivity index (χ2v) is 6.46. The van der Waals surface area contributed by atoms with Gasteiger partial charge in [0.2, 0.25) is 0 Å². The van der Waals surface area contributed by atoms with Crippen molar-refractivity contribution in [1.29, 1.82) is 0 Å². The van der Waals surface area contributed by atoms with Gasteiger partial charge in [0.15, 0.2) is 0 Å². The van der Waals surface area contributed by atoms with Crippen LogP contribution in [0, 0.1) is 0 Å². The van der Waals surface area contributed by atoms with Crippen LogP contribution in [0.15, 0.2) is 30.3 Å². The second-order valence-electron chi connectivity index (χ2n) is 6.46. The van der Waals surface area contributed by atoms with Gasteiger partial charge in [0.05, 0.1) is 13.7 Å². The molecule has 23 heavy (non-hydrogen) atoms. The third kappa shape index (κ3) is 4.61. The van der Waals surface area contributed by atoms with E-state index < -0.39 is 23.7 Å². The van der Waals surface area contributed by atoms with E-state index >= 15 is 0 Å². The standard InChI is InChI=1S/C17H23NO5/c1-17(2,3)23-16(20)18-11-13(10-14(18)15(19)21-4)22-12-8-6-5-7-9-12/h5-9,13-14H,10-11H2,1-4H3/t13-,14+/m1/s1. The average Bonchev–Trinajstić information content (AvgIpc) is 2.90. The molecular weight excluding hydrogens is 298 g/mol. The van der Waals surface area contributed by atoms with Gasteiger partial charge in [-0.05, 0) is 32.9 Å². The monoisotopic (exact) mass is 321 g/mol. The number of carbonyl (C=O) groups excluding carboxylic acids is 2. The van der Waals surface area contributed by atoms with Crippen LogP contribution in [-0.2, 0) is 14.3 Å². The molecule has 2 rings (SSSR count). The Morgan fingerprint density at radius 2 is 1.83 bits per heavy atom. The van der Waals surface area contributed by atoms with Gasteiger partial charge >= 0.3 is 12.1 Å². The molecule has 1 heterocycles. The van der Waals surface area contributed by atoms with Gasteiger partial charge < -0.3 is 14.2 Å². The van der Waals surface area contributed by atoms with E-state index in [0.29, 0.717) is 12.2 Å². The highest BCUT2D eigenvalue weighted by Gasteiger charge is 2.43. The minimum atomic E-state index is -0.691. The smallest absolute Gasteiger partial charge is 0.411 e. The van der Waals surface area contributed by atoms with Crippen molar-refractivity contribution in [3.63, 3.8) is 0 Å². The minimum absolute atomic E-state index is 0.281. The molecule has 0 spiro atoms. The van der Waals surface area contributed by atoms with E-state index in [-0.39, 0.29) is 12.6 Å². The van der Waals surface area contributed by atoms with E-state index in [9.17, 15) is 9.59 Å². The highest BCUT2D eigenvalue weighted by molar-refractivity contribution is 5.82. The van der Waals surface area contributed by atoms with Crippen molar-refractivity contribution in [1.82, 2.24) is 4.90 Å². The van der Waals surface area contributed by atoms with E-state index in [1.165, 1.54) is 12.0 Å². The SMILES string of the molecule is COC(=O)[C@@H]1C[C@@H](Oc2ccccc2)CN1C(=O)OC(C)(C)C. The summed E-state index contributed by atoms with van der Waals surface area (Å²) >= 11 is 0. The maximum Gasteiger partial charge on any atom is 0.411 e. The van der Waals surface area contributed by atoms with Crippen LogP contribution in [-0.4, -0.2) is 48.4 Å². The van der Waals surface area contributed by atoms with Crippen LogP contribution in [0.2, 0.25) is 0 Å². The first-order chi connectivity index (χ1) is 10.8. The van der Waals surface area contributed by atoms with Gasteiger partial charge in [0, 0.05) is 6.42 Å². The fourth-order valence-electron chi connectivity index (χ4n) is 2.46. The molecule has 1 saturated heterocycles. The number of rotatable bonds is 3. The zero-order chi connectivity index (χ0) is 17.0. The molecule has 0 N–H and O–H groups in total. The third-order valence-electron chi connectivity index (χ3n) is 3.41.